The van der Waals surface area contributed by atoms with E-state index in [0.717, 1.165) is 12.8 Å². The maximum absolute atomic E-state index is 11.6. The molecule has 0 heterocycles. The molecule has 1 N–H and O–H groups in total. The third kappa shape index (κ3) is 6.03. The van der Waals surface area contributed by atoms with Crippen LogP contribution < -0.4 is 0 Å². The molecule has 0 aromatic heterocycles. The highest BCUT2D eigenvalue weighted by atomic mass is 16.5. The lowest BCUT2D eigenvalue weighted by molar-refractivity contribution is -0.151. The van der Waals surface area contributed by atoms with Gasteiger partial charge in [0, 0.05) is 12.8 Å². The number of carbonyl (C=O) groups is 2. The van der Waals surface area contributed by atoms with Gasteiger partial charge in [0.25, 0.3) is 0 Å². The maximum Gasteiger partial charge on any atom is 0.306 e. The Morgan fingerprint density at radius 3 is 2.39 bits per heavy atom. The summed E-state index contributed by atoms with van der Waals surface area (Å²) in [5.41, 5.74) is 0. The molecule has 1 rings (SSSR count). The fraction of sp³-hybridized carbons (Fsp3) is 0.857. The fourth-order valence-corrected chi connectivity index (χ4v) is 2.51. The predicted molar refractivity (Wildman–Crippen MR) is 68.2 cm³/mol. The molecule has 0 saturated heterocycles. The van der Waals surface area contributed by atoms with Crippen molar-refractivity contribution < 1.29 is 19.4 Å². The van der Waals surface area contributed by atoms with Crippen LogP contribution in [0.1, 0.15) is 64.7 Å². The molecule has 0 spiro atoms. The molecule has 4 heteroatoms. The molecule has 1 atom stereocenters. The second kappa shape index (κ2) is 8.11. The van der Waals surface area contributed by atoms with E-state index in [1.165, 1.54) is 19.3 Å². The van der Waals surface area contributed by atoms with Crippen molar-refractivity contribution in [3.63, 3.8) is 0 Å². The molecule has 0 radical (unpaired) electrons. The number of aliphatic carboxylic acids is 1. The van der Waals surface area contributed by atoms with Gasteiger partial charge in [0.1, 0.15) is 6.10 Å². The first-order chi connectivity index (χ1) is 8.59. The lowest BCUT2D eigenvalue weighted by Crippen LogP contribution is -2.25. The Morgan fingerprint density at radius 2 is 1.78 bits per heavy atom. The molecule has 0 aromatic carbocycles. The van der Waals surface area contributed by atoms with E-state index in [1.54, 1.807) is 0 Å². The van der Waals surface area contributed by atoms with Crippen molar-refractivity contribution in [1.82, 2.24) is 0 Å². The average Bonchev–Trinajstić information content (AvgIpc) is 2.35. The molecule has 18 heavy (non-hydrogen) atoms. The number of rotatable bonds is 7. The summed E-state index contributed by atoms with van der Waals surface area (Å²) in [5, 5.41) is 8.48. The van der Waals surface area contributed by atoms with E-state index in [1.807, 2.05) is 6.92 Å². The van der Waals surface area contributed by atoms with Gasteiger partial charge in [-0.25, -0.2) is 0 Å². The molecule has 0 amide bonds. The van der Waals surface area contributed by atoms with Crippen molar-refractivity contribution >= 4 is 11.9 Å². The first-order valence-corrected chi connectivity index (χ1v) is 7.01. The number of esters is 1. The second-order valence-corrected chi connectivity index (χ2v) is 5.19. The van der Waals surface area contributed by atoms with Crippen LogP contribution in [0.25, 0.3) is 0 Å². The first-order valence-electron chi connectivity index (χ1n) is 7.01. The van der Waals surface area contributed by atoms with Gasteiger partial charge in [0.15, 0.2) is 0 Å². The van der Waals surface area contributed by atoms with Crippen molar-refractivity contribution in [2.24, 2.45) is 5.92 Å². The highest BCUT2D eigenvalue weighted by Crippen LogP contribution is 2.28. The van der Waals surface area contributed by atoms with E-state index in [-0.39, 0.29) is 18.5 Å². The third-order valence-corrected chi connectivity index (χ3v) is 3.65. The molecular formula is C14H24O4. The first kappa shape index (κ1) is 15.0. The quantitative estimate of drug-likeness (QED) is 0.561. The fourth-order valence-electron chi connectivity index (χ4n) is 2.51. The van der Waals surface area contributed by atoms with E-state index in [0.29, 0.717) is 25.2 Å². The van der Waals surface area contributed by atoms with E-state index >= 15 is 0 Å². The number of ether oxygens (including phenoxy) is 1. The lowest BCUT2D eigenvalue weighted by Gasteiger charge is -2.27. The van der Waals surface area contributed by atoms with Crippen LogP contribution in [0.2, 0.25) is 0 Å². The smallest absolute Gasteiger partial charge is 0.306 e. The molecule has 4 nitrogen and oxygen atoms in total. The van der Waals surface area contributed by atoms with Gasteiger partial charge >= 0.3 is 11.9 Å². The van der Waals surface area contributed by atoms with Crippen LogP contribution in [0.4, 0.5) is 0 Å². The summed E-state index contributed by atoms with van der Waals surface area (Å²) in [6, 6.07) is 0. The summed E-state index contributed by atoms with van der Waals surface area (Å²) in [7, 11) is 0. The molecule has 1 fully saturated rings. The highest BCUT2D eigenvalue weighted by Gasteiger charge is 2.22. The van der Waals surface area contributed by atoms with Gasteiger partial charge < -0.3 is 9.84 Å². The van der Waals surface area contributed by atoms with Crippen molar-refractivity contribution in [3.05, 3.63) is 0 Å². The van der Waals surface area contributed by atoms with Crippen LogP contribution in [-0.4, -0.2) is 23.1 Å². The average molecular weight is 256 g/mol. The standard InChI is InChI=1S/C14H24O4/c1-11(12-7-3-2-4-8-12)18-14(17)10-6-5-9-13(15)16/h11-12H,2-10H2,1H3,(H,15,16). The zero-order valence-electron chi connectivity index (χ0n) is 11.2. The van der Waals surface area contributed by atoms with E-state index in [9.17, 15) is 9.59 Å². The summed E-state index contributed by atoms with van der Waals surface area (Å²) in [6.45, 7) is 1.98. The zero-order chi connectivity index (χ0) is 13.4. The van der Waals surface area contributed by atoms with Gasteiger partial charge in [-0.2, -0.15) is 0 Å². The van der Waals surface area contributed by atoms with Gasteiger partial charge in [-0.1, -0.05) is 19.3 Å². The minimum atomic E-state index is -0.807. The Labute approximate surface area is 109 Å². The van der Waals surface area contributed by atoms with E-state index < -0.39 is 5.97 Å². The summed E-state index contributed by atoms with van der Waals surface area (Å²) in [5.74, 6) is -0.473. The third-order valence-electron chi connectivity index (χ3n) is 3.65. The number of carbonyl (C=O) groups excluding carboxylic acids is 1. The molecule has 104 valence electrons. The number of hydrogen-bond acceptors (Lipinski definition) is 3. The molecule has 1 unspecified atom stereocenters. The summed E-state index contributed by atoms with van der Waals surface area (Å²) in [6.07, 6.45) is 7.72. The molecule has 0 aliphatic heterocycles. The van der Waals surface area contributed by atoms with Crippen LogP contribution in [0.3, 0.4) is 0 Å². The largest absolute Gasteiger partial charge is 0.481 e. The molecule has 0 aromatic rings. The number of hydrogen-bond donors (Lipinski definition) is 1. The highest BCUT2D eigenvalue weighted by molar-refractivity contribution is 5.70. The van der Waals surface area contributed by atoms with E-state index in [2.05, 4.69) is 0 Å². The Morgan fingerprint density at radius 1 is 1.17 bits per heavy atom. The van der Waals surface area contributed by atoms with Crippen LogP contribution in [-0.2, 0) is 14.3 Å². The minimum absolute atomic E-state index is 0.0114. The monoisotopic (exact) mass is 256 g/mol. The van der Waals surface area contributed by atoms with Crippen molar-refractivity contribution in [2.45, 2.75) is 70.8 Å². The zero-order valence-corrected chi connectivity index (χ0v) is 11.2. The van der Waals surface area contributed by atoms with Gasteiger partial charge in [0.05, 0.1) is 0 Å². The normalized spacial score (nSPS) is 18.3. The Bertz CT molecular complexity index is 269. The molecular weight excluding hydrogens is 232 g/mol. The second-order valence-electron chi connectivity index (χ2n) is 5.19. The molecule has 1 saturated carbocycles. The predicted octanol–water partition coefficient (Wildman–Crippen LogP) is 3.14. The van der Waals surface area contributed by atoms with Crippen molar-refractivity contribution in [1.29, 1.82) is 0 Å². The van der Waals surface area contributed by atoms with Crippen LogP contribution in [0.15, 0.2) is 0 Å². The SMILES string of the molecule is CC(OC(=O)CCCCC(=O)O)C1CCCCC1. The Balaban J connectivity index is 2.12. The van der Waals surface area contributed by atoms with Crippen molar-refractivity contribution in [3.8, 4) is 0 Å². The number of carboxylic acid groups (broad SMARTS) is 1. The van der Waals surface area contributed by atoms with Gasteiger partial charge in [-0.3, -0.25) is 9.59 Å². The van der Waals surface area contributed by atoms with E-state index in [4.69, 9.17) is 9.84 Å². The Hall–Kier alpha value is -1.06. The molecule has 1 aliphatic rings. The summed E-state index contributed by atoms with van der Waals surface area (Å²) < 4.78 is 5.41. The van der Waals surface area contributed by atoms with Gasteiger partial charge in [-0.05, 0) is 38.5 Å². The topological polar surface area (TPSA) is 63.6 Å². The van der Waals surface area contributed by atoms with Gasteiger partial charge in [0.2, 0.25) is 0 Å². The lowest BCUT2D eigenvalue weighted by atomic mass is 9.86. The van der Waals surface area contributed by atoms with Crippen LogP contribution >= 0.6 is 0 Å². The van der Waals surface area contributed by atoms with Gasteiger partial charge in [-0.15, -0.1) is 0 Å². The molecule has 0 bridgehead atoms. The number of unbranched alkanes of at least 4 members (excludes halogenated alkanes) is 1. The summed E-state index contributed by atoms with van der Waals surface area (Å²) >= 11 is 0. The Kier molecular flexibility index (Phi) is 6.76. The van der Waals surface area contributed by atoms with Crippen LogP contribution in [0, 0.1) is 5.92 Å². The summed E-state index contributed by atoms with van der Waals surface area (Å²) in [4.78, 5) is 21.9. The van der Waals surface area contributed by atoms with Crippen molar-refractivity contribution in [2.75, 3.05) is 0 Å². The molecule has 1 aliphatic carbocycles. The van der Waals surface area contributed by atoms with Crippen LogP contribution in [0.5, 0.6) is 0 Å². The minimum Gasteiger partial charge on any atom is -0.481 e. The number of carboxylic acids is 1. The maximum atomic E-state index is 11.6.